The molecule has 4 nitrogen and oxygen atoms in total. The molecule has 0 bridgehead atoms. The van der Waals surface area contributed by atoms with Gasteiger partial charge in [-0.2, -0.15) is 0 Å². The van der Waals surface area contributed by atoms with Gasteiger partial charge in [0.25, 0.3) is 0 Å². The van der Waals surface area contributed by atoms with Gasteiger partial charge in [0.1, 0.15) is 5.15 Å². The number of nitrogens with one attached hydrogen (secondary N) is 2. The second-order valence-corrected chi connectivity index (χ2v) is 6.31. The lowest BCUT2D eigenvalue weighted by molar-refractivity contribution is 0.334. The Morgan fingerprint density at radius 2 is 2.32 bits per heavy atom. The third-order valence-corrected chi connectivity index (χ3v) is 4.49. The molecule has 0 spiro atoms. The Balaban J connectivity index is 1.52. The quantitative estimate of drug-likeness (QED) is 0.815. The molecule has 3 heterocycles. The van der Waals surface area contributed by atoms with E-state index in [-0.39, 0.29) is 0 Å². The maximum atomic E-state index is 5.87. The maximum absolute atomic E-state index is 5.87. The zero-order valence-corrected chi connectivity index (χ0v) is 13.8. The summed E-state index contributed by atoms with van der Waals surface area (Å²) in [6, 6.07) is 5.92. The van der Waals surface area contributed by atoms with Gasteiger partial charge in [-0.1, -0.05) is 11.6 Å². The van der Waals surface area contributed by atoms with Crippen molar-refractivity contribution >= 4 is 34.3 Å². The summed E-state index contributed by atoms with van der Waals surface area (Å²) >= 11 is 7.62. The molecule has 0 atom stereocenters. The summed E-state index contributed by atoms with van der Waals surface area (Å²) in [4.78, 5) is 5.22. The van der Waals surface area contributed by atoms with Crippen molar-refractivity contribution in [2.45, 2.75) is 6.92 Å². The molecule has 0 aliphatic carbocycles. The Morgan fingerprint density at radius 3 is 3.09 bits per heavy atom. The Labute approximate surface area is 139 Å². The van der Waals surface area contributed by atoms with Gasteiger partial charge in [0, 0.05) is 24.6 Å². The van der Waals surface area contributed by atoms with E-state index in [0.717, 1.165) is 24.5 Å². The van der Waals surface area contributed by atoms with Crippen LogP contribution in [-0.4, -0.2) is 23.1 Å². The first kappa shape index (κ1) is 14.9. The number of pyridine rings is 1. The molecule has 3 rings (SSSR count). The summed E-state index contributed by atoms with van der Waals surface area (Å²) in [5.74, 6) is 0. The molecule has 0 amide bonds. The number of nitrogens with zero attached hydrogens (tertiary/aromatic N) is 2. The minimum absolute atomic E-state index is 0.499. The number of anilines is 1. The van der Waals surface area contributed by atoms with Gasteiger partial charge in [0.15, 0.2) is 0 Å². The highest BCUT2D eigenvalue weighted by molar-refractivity contribution is 7.11. The zero-order chi connectivity index (χ0) is 15.4. The lowest BCUT2D eigenvalue weighted by Gasteiger charge is -2.26. The molecule has 22 heavy (non-hydrogen) atoms. The molecular weight excluding hydrogens is 316 g/mol. The van der Waals surface area contributed by atoms with E-state index in [0.29, 0.717) is 5.15 Å². The largest absolute Gasteiger partial charge is 0.383 e. The number of allylic oxidation sites excluding steroid dienone is 2. The normalized spacial score (nSPS) is 13.7. The topological polar surface area (TPSA) is 40.2 Å². The average molecular weight is 333 g/mol. The number of aryl methyl sites for hydroxylation is 1. The van der Waals surface area contributed by atoms with Crippen LogP contribution < -0.4 is 10.7 Å². The van der Waals surface area contributed by atoms with Gasteiger partial charge in [-0.05, 0) is 48.2 Å². The van der Waals surface area contributed by atoms with Crippen molar-refractivity contribution in [1.82, 2.24) is 15.4 Å². The fourth-order valence-electron chi connectivity index (χ4n) is 2.15. The van der Waals surface area contributed by atoms with E-state index in [4.69, 9.17) is 11.6 Å². The van der Waals surface area contributed by atoms with Crippen LogP contribution >= 0.6 is 22.9 Å². The van der Waals surface area contributed by atoms with Gasteiger partial charge in [-0.3, -0.25) is 10.4 Å². The van der Waals surface area contributed by atoms with Crippen LogP contribution in [0.1, 0.15) is 10.4 Å². The Hall–Kier alpha value is -1.98. The number of rotatable bonds is 5. The van der Waals surface area contributed by atoms with Crippen LogP contribution in [0.25, 0.3) is 5.70 Å². The average Bonchev–Trinajstić information content (AvgIpc) is 2.94. The highest BCUT2D eigenvalue weighted by Gasteiger charge is 2.09. The first-order valence-electron chi connectivity index (χ1n) is 7.03. The van der Waals surface area contributed by atoms with Crippen LogP contribution in [0.5, 0.6) is 0 Å². The van der Waals surface area contributed by atoms with Crippen LogP contribution in [0.4, 0.5) is 5.69 Å². The van der Waals surface area contributed by atoms with Crippen molar-refractivity contribution in [3.8, 4) is 0 Å². The van der Waals surface area contributed by atoms with Crippen LogP contribution in [0.15, 0.2) is 48.1 Å². The number of thiophene rings is 1. The number of hydrogen-bond acceptors (Lipinski definition) is 5. The molecule has 6 heteroatoms. The smallest absolute Gasteiger partial charge is 0.131 e. The van der Waals surface area contributed by atoms with Gasteiger partial charge >= 0.3 is 0 Å². The summed E-state index contributed by atoms with van der Waals surface area (Å²) in [5.41, 5.74) is 6.82. The Kier molecular flexibility index (Phi) is 4.65. The van der Waals surface area contributed by atoms with E-state index in [9.17, 15) is 0 Å². The third kappa shape index (κ3) is 3.81. The highest BCUT2D eigenvalue weighted by Crippen LogP contribution is 2.22. The first-order chi connectivity index (χ1) is 10.7. The molecule has 0 unspecified atom stereocenters. The van der Waals surface area contributed by atoms with E-state index < -0.39 is 0 Å². The maximum Gasteiger partial charge on any atom is 0.131 e. The second kappa shape index (κ2) is 6.85. The van der Waals surface area contributed by atoms with Gasteiger partial charge in [-0.25, -0.2) is 4.98 Å². The summed E-state index contributed by atoms with van der Waals surface area (Å²) in [6.07, 6.45) is 7.89. The van der Waals surface area contributed by atoms with Crippen molar-refractivity contribution in [3.05, 3.63) is 63.7 Å². The van der Waals surface area contributed by atoms with Gasteiger partial charge in [0.05, 0.1) is 17.1 Å². The number of aromatic nitrogens is 1. The highest BCUT2D eigenvalue weighted by atomic mass is 35.5. The fourth-order valence-corrected chi connectivity index (χ4v) is 3.20. The molecule has 0 radical (unpaired) electrons. The Morgan fingerprint density at radius 1 is 1.41 bits per heavy atom. The van der Waals surface area contributed by atoms with Gasteiger partial charge in [0.2, 0.25) is 0 Å². The molecule has 1 aliphatic rings. The van der Waals surface area contributed by atoms with Crippen LogP contribution in [-0.2, 0) is 0 Å². The van der Waals surface area contributed by atoms with Crippen LogP contribution in [0.3, 0.4) is 0 Å². The van der Waals surface area contributed by atoms with E-state index in [1.165, 1.54) is 10.4 Å². The molecule has 0 aromatic carbocycles. The molecular formula is C16H17ClN4S. The van der Waals surface area contributed by atoms with Gasteiger partial charge in [-0.15, -0.1) is 11.3 Å². The summed E-state index contributed by atoms with van der Waals surface area (Å²) in [7, 11) is 0. The fraction of sp³-hybridized carbons (Fsp3) is 0.188. The lowest BCUT2D eigenvalue weighted by Crippen LogP contribution is -2.36. The van der Waals surface area contributed by atoms with Crippen molar-refractivity contribution in [2.75, 3.05) is 18.4 Å². The van der Waals surface area contributed by atoms with E-state index in [2.05, 4.69) is 51.3 Å². The predicted octanol–water partition coefficient (Wildman–Crippen LogP) is 3.89. The molecule has 2 aromatic rings. The lowest BCUT2D eigenvalue weighted by atomic mass is 10.2. The van der Waals surface area contributed by atoms with Crippen molar-refractivity contribution in [1.29, 1.82) is 0 Å². The van der Waals surface area contributed by atoms with E-state index in [1.54, 1.807) is 17.5 Å². The molecule has 0 saturated heterocycles. The summed E-state index contributed by atoms with van der Waals surface area (Å²) in [5, 5.41) is 8.07. The van der Waals surface area contributed by atoms with Gasteiger partial charge < -0.3 is 5.32 Å². The number of halogens is 1. The van der Waals surface area contributed by atoms with Crippen molar-refractivity contribution in [2.24, 2.45) is 0 Å². The minimum atomic E-state index is 0.499. The van der Waals surface area contributed by atoms with E-state index >= 15 is 0 Å². The molecule has 1 aliphatic heterocycles. The second-order valence-electron chi connectivity index (χ2n) is 5.01. The predicted molar refractivity (Wildman–Crippen MR) is 93.8 cm³/mol. The molecule has 0 saturated carbocycles. The SMILES string of the molecule is Cc1csc(C2=CC=CN(CCNc3ccnc(Cl)c3)N2)c1. The van der Waals surface area contributed by atoms with E-state index in [1.807, 2.05) is 18.3 Å². The number of hydrazine groups is 1. The monoisotopic (exact) mass is 332 g/mol. The number of hydrogen-bond donors (Lipinski definition) is 2. The third-order valence-electron chi connectivity index (χ3n) is 3.20. The molecule has 114 valence electrons. The summed E-state index contributed by atoms with van der Waals surface area (Å²) < 4.78 is 0. The van der Waals surface area contributed by atoms with Crippen LogP contribution in [0, 0.1) is 6.92 Å². The van der Waals surface area contributed by atoms with Crippen molar-refractivity contribution in [3.63, 3.8) is 0 Å². The summed E-state index contributed by atoms with van der Waals surface area (Å²) in [6.45, 7) is 3.74. The molecule has 0 fully saturated rings. The first-order valence-corrected chi connectivity index (χ1v) is 8.29. The van der Waals surface area contributed by atoms with Crippen molar-refractivity contribution < 1.29 is 0 Å². The zero-order valence-electron chi connectivity index (χ0n) is 12.2. The van der Waals surface area contributed by atoms with Crippen LogP contribution in [0.2, 0.25) is 5.15 Å². The molecule has 2 aromatic heterocycles. The minimum Gasteiger partial charge on any atom is -0.383 e. The molecule has 2 N–H and O–H groups in total. The Bertz CT molecular complexity index is 708. The standard InChI is InChI=1S/C16H17ClN4S/c1-12-9-15(22-11-12)14-3-2-7-21(20-14)8-6-18-13-4-5-19-16(17)10-13/h2-5,7,9-11,20H,6,8H2,1H3,(H,18,19).